The third kappa shape index (κ3) is 5.22. The first-order chi connectivity index (χ1) is 5.50. The maximum atomic E-state index is 4.22. The fourth-order valence-electron chi connectivity index (χ4n) is 1.44. The molecule has 1 heterocycles. The van der Waals surface area contributed by atoms with Crippen LogP contribution in [0.25, 0.3) is 0 Å². The van der Waals surface area contributed by atoms with Crippen LogP contribution in [-0.2, 0) is 0 Å². The van der Waals surface area contributed by atoms with Gasteiger partial charge in [-0.3, -0.25) is 0 Å². The minimum atomic E-state index is 1.01. The summed E-state index contributed by atoms with van der Waals surface area (Å²) < 4.78 is 0. The smallest absolute Gasteiger partial charge is 0.0304 e. The third-order valence-electron chi connectivity index (χ3n) is 2.17. The quantitative estimate of drug-likeness (QED) is 0.567. The van der Waals surface area contributed by atoms with Crippen LogP contribution in [-0.4, -0.2) is 13.1 Å². The average Bonchev–Trinajstić information content (AvgIpc) is 2.08. The Hall–Kier alpha value is -0.0800. The van der Waals surface area contributed by atoms with Crippen LogP contribution in [0.15, 0.2) is 0 Å². The molecule has 0 bridgehead atoms. The van der Waals surface area contributed by atoms with E-state index in [1.54, 1.807) is 0 Å². The molecule has 0 unspecified atom stereocenters. The Morgan fingerprint density at radius 2 is 1.36 bits per heavy atom. The Labute approximate surface area is 69.7 Å². The van der Waals surface area contributed by atoms with E-state index in [9.17, 15) is 0 Å². The second-order valence-corrected chi connectivity index (χ2v) is 3.26. The first kappa shape index (κ1) is 9.01. The zero-order chi connectivity index (χ0) is 7.78. The van der Waals surface area contributed by atoms with Gasteiger partial charge in [-0.05, 0) is 12.8 Å². The second-order valence-electron chi connectivity index (χ2n) is 3.26. The predicted molar refractivity (Wildman–Crippen MR) is 47.3 cm³/mol. The largest absolute Gasteiger partial charge is 0.240 e. The van der Waals surface area contributed by atoms with E-state index < -0.39 is 0 Å². The minimum absolute atomic E-state index is 1.01. The summed E-state index contributed by atoms with van der Waals surface area (Å²) in [6.45, 7) is 2.10. The topological polar surface area (TPSA) is 26.1 Å². The molecular weight excluding hydrogens is 136 g/mol. The van der Waals surface area contributed by atoms with E-state index in [1.807, 2.05) is 0 Å². The van der Waals surface area contributed by atoms with Gasteiger partial charge in [-0.25, -0.2) is 5.43 Å². The molecule has 1 rings (SSSR count). The van der Waals surface area contributed by atoms with Gasteiger partial charge in [-0.2, -0.15) is 5.43 Å². The average molecular weight is 155 g/mol. The van der Waals surface area contributed by atoms with Gasteiger partial charge < -0.3 is 0 Å². The van der Waals surface area contributed by atoms with Gasteiger partial charge in [-0.1, -0.05) is 32.1 Å². The fraction of sp³-hybridized carbons (Fsp3) is 1.00. The Morgan fingerprint density at radius 1 is 0.727 bits per heavy atom. The van der Waals surface area contributed by atoms with Crippen LogP contribution < -0.4 is 10.9 Å². The van der Waals surface area contributed by atoms with Crippen molar-refractivity contribution in [3.63, 3.8) is 0 Å². The number of hydrogen-bond acceptors (Lipinski definition) is 1. The van der Waals surface area contributed by atoms with E-state index >= 15 is 0 Å². The molecule has 0 aromatic rings. The lowest BCUT2D eigenvalue weighted by molar-refractivity contribution is 0.495. The van der Waals surface area contributed by atoms with Gasteiger partial charge in [0.05, 0.1) is 0 Å². The lowest BCUT2D eigenvalue weighted by Crippen LogP contribution is -2.26. The molecule has 0 saturated carbocycles. The molecule has 0 aromatic carbocycles. The minimum Gasteiger partial charge on any atom is -0.240 e. The summed E-state index contributed by atoms with van der Waals surface area (Å²) in [5.41, 5.74) is 7.33. The predicted octanol–water partition coefficient (Wildman–Crippen LogP) is 1.84. The Bertz CT molecular complexity index is 45.6. The molecule has 1 saturated heterocycles. The van der Waals surface area contributed by atoms with E-state index in [4.69, 9.17) is 0 Å². The van der Waals surface area contributed by atoms with Crippen molar-refractivity contribution in [1.29, 1.82) is 0 Å². The van der Waals surface area contributed by atoms with Gasteiger partial charge in [0.1, 0.15) is 0 Å². The Kier molecular flexibility index (Phi) is 5.42. The highest BCUT2D eigenvalue weighted by atomic mass is 15.3. The summed E-state index contributed by atoms with van der Waals surface area (Å²) in [6.07, 6.45) is 9.57. The fourth-order valence-corrected chi connectivity index (χ4v) is 1.44. The van der Waals surface area contributed by atoms with Crippen LogP contribution >= 0.6 is 0 Å². The van der Waals surface area contributed by atoms with Crippen molar-refractivity contribution >= 4 is 0 Å². The van der Waals surface area contributed by atoms with Gasteiger partial charge in [0.15, 0.2) is 0 Å². The molecule has 1 aliphatic rings. The van der Waals surface area contributed by atoms with Crippen LogP contribution in [0.1, 0.15) is 44.9 Å². The van der Waals surface area contributed by atoms with Gasteiger partial charge in [0.25, 0.3) is 0 Å². The monoisotopic (exact) mass is 155 g/mol. The maximum Gasteiger partial charge on any atom is 0.0304 e. The SMILES string of the molecule is C1CCCC[N]NCCCC1. The zero-order valence-electron chi connectivity index (χ0n) is 7.31. The maximum absolute atomic E-state index is 4.22. The van der Waals surface area contributed by atoms with E-state index in [0.29, 0.717) is 0 Å². The normalized spacial score (nSPS) is 24.0. The Morgan fingerprint density at radius 3 is 2.18 bits per heavy atom. The second kappa shape index (κ2) is 6.62. The molecule has 1 aliphatic heterocycles. The third-order valence-corrected chi connectivity index (χ3v) is 2.17. The molecule has 0 aromatic heterocycles. The first-order valence-electron chi connectivity index (χ1n) is 4.89. The number of hydrogen-bond donors (Lipinski definition) is 1. The molecule has 1 radical (unpaired) electrons. The van der Waals surface area contributed by atoms with Crippen molar-refractivity contribution in [1.82, 2.24) is 10.9 Å². The van der Waals surface area contributed by atoms with E-state index in [1.165, 1.54) is 44.9 Å². The van der Waals surface area contributed by atoms with Crippen molar-refractivity contribution in [2.24, 2.45) is 0 Å². The molecule has 1 fully saturated rings. The zero-order valence-corrected chi connectivity index (χ0v) is 7.31. The van der Waals surface area contributed by atoms with Crippen molar-refractivity contribution in [2.75, 3.05) is 13.1 Å². The molecule has 0 spiro atoms. The van der Waals surface area contributed by atoms with Crippen LogP contribution in [0.2, 0.25) is 0 Å². The highest BCUT2D eigenvalue weighted by Crippen LogP contribution is 2.06. The molecule has 0 aliphatic carbocycles. The lowest BCUT2D eigenvalue weighted by Gasteiger charge is -2.01. The molecule has 11 heavy (non-hydrogen) atoms. The number of nitrogens with one attached hydrogen (secondary N) is 1. The summed E-state index contributed by atoms with van der Waals surface area (Å²) in [5.74, 6) is 0. The van der Waals surface area contributed by atoms with Crippen molar-refractivity contribution < 1.29 is 0 Å². The Balaban J connectivity index is 2.02. The molecule has 0 amide bonds. The van der Waals surface area contributed by atoms with E-state index in [2.05, 4.69) is 10.9 Å². The molecule has 0 atom stereocenters. The van der Waals surface area contributed by atoms with Crippen molar-refractivity contribution in [3.8, 4) is 0 Å². The molecule has 65 valence electrons. The summed E-state index contributed by atoms with van der Waals surface area (Å²) in [5, 5.41) is 0. The van der Waals surface area contributed by atoms with Gasteiger partial charge in [0.2, 0.25) is 0 Å². The standard InChI is InChI=1S/C9H19N2/c1-2-4-6-8-10-11-9-7-5-3-1/h10H,1-9H2. The summed E-state index contributed by atoms with van der Waals surface area (Å²) in [4.78, 5) is 0. The number of nitrogens with zero attached hydrogens (tertiary/aromatic N) is 1. The van der Waals surface area contributed by atoms with E-state index in [-0.39, 0.29) is 0 Å². The first-order valence-corrected chi connectivity index (χ1v) is 4.89. The van der Waals surface area contributed by atoms with Crippen LogP contribution in [0, 0.1) is 0 Å². The van der Waals surface area contributed by atoms with Crippen LogP contribution in [0.3, 0.4) is 0 Å². The summed E-state index contributed by atoms with van der Waals surface area (Å²) in [6, 6.07) is 0. The van der Waals surface area contributed by atoms with Gasteiger partial charge in [0, 0.05) is 13.1 Å². The number of rotatable bonds is 0. The highest BCUT2D eigenvalue weighted by Gasteiger charge is 1.95. The highest BCUT2D eigenvalue weighted by molar-refractivity contribution is 4.51. The van der Waals surface area contributed by atoms with Gasteiger partial charge in [-0.15, -0.1) is 0 Å². The summed E-state index contributed by atoms with van der Waals surface area (Å²) >= 11 is 0. The molecule has 2 nitrogen and oxygen atoms in total. The van der Waals surface area contributed by atoms with Crippen LogP contribution in [0.5, 0.6) is 0 Å². The molecular formula is C9H19N2. The summed E-state index contributed by atoms with van der Waals surface area (Å²) in [7, 11) is 0. The van der Waals surface area contributed by atoms with Crippen LogP contribution in [0.4, 0.5) is 0 Å². The molecule has 2 heteroatoms. The van der Waals surface area contributed by atoms with Crippen molar-refractivity contribution in [2.45, 2.75) is 44.9 Å². The van der Waals surface area contributed by atoms with Crippen molar-refractivity contribution in [3.05, 3.63) is 0 Å². The molecule has 1 N–H and O–H groups in total. The van der Waals surface area contributed by atoms with E-state index in [0.717, 1.165) is 13.1 Å². The van der Waals surface area contributed by atoms with Gasteiger partial charge >= 0.3 is 0 Å². The lowest BCUT2D eigenvalue weighted by atomic mass is 10.1.